The fourth-order valence-electron chi connectivity index (χ4n) is 3.58. The van der Waals surface area contributed by atoms with Crippen LogP contribution in [0.2, 0.25) is 0 Å². The normalized spacial score (nSPS) is 17.1. The molecule has 1 N–H and O–H groups in total. The molecular formula is C21H27N5O2. The highest BCUT2D eigenvalue weighted by molar-refractivity contribution is 6.01. The molecule has 7 nitrogen and oxygen atoms in total. The molecule has 0 bridgehead atoms. The van der Waals surface area contributed by atoms with Crippen LogP contribution in [-0.2, 0) is 9.53 Å². The number of aromatic nitrogens is 3. The summed E-state index contributed by atoms with van der Waals surface area (Å²) in [5.74, 6) is 0.598. The summed E-state index contributed by atoms with van der Waals surface area (Å²) in [5.41, 5.74) is 2.91. The number of amides is 1. The number of carbonyl (C=O) groups excluding carboxylic acids is 1. The third kappa shape index (κ3) is 4.02. The quantitative estimate of drug-likeness (QED) is 0.615. The van der Waals surface area contributed by atoms with E-state index in [1.807, 2.05) is 36.7 Å². The van der Waals surface area contributed by atoms with Crippen molar-refractivity contribution < 1.29 is 9.53 Å². The van der Waals surface area contributed by atoms with E-state index in [0.29, 0.717) is 6.54 Å². The lowest BCUT2D eigenvalue weighted by atomic mass is 10.1. The second-order valence-corrected chi connectivity index (χ2v) is 7.40. The van der Waals surface area contributed by atoms with E-state index in [1.165, 1.54) is 0 Å². The van der Waals surface area contributed by atoms with Gasteiger partial charge >= 0.3 is 0 Å². The molecule has 148 valence electrons. The Hall–Kier alpha value is -2.85. The van der Waals surface area contributed by atoms with Crippen molar-refractivity contribution >= 4 is 12.0 Å². The molecule has 2 aromatic rings. The van der Waals surface area contributed by atoms with Gasteiger partial charge in [0.2, 0.25) is 0 Å². The van der Waals surface area contributed by atoms with E-state index in [4.69, 9.17) is 4.74 Å². The fraction of sp³-hybridized carbons (Fsp3) is 0.476. The minimum absolute atomic E-state index is 0.0466. The maximum Gasteiger partial charge on any atom is 0.262 e. The van der Waals surface area contributed by atoms with Crippen molar-refractivity contribution in [2.45, 2.75) is 52.7 Å². The molecule has 1 atom stereocenters. The zero-order chi connectivity index (χ0) is 20.3. The topological polar surface area (TPSA) is 84.9 Å². The number of rotatable bonds is 6. The molecule has 0 saturated carbocycles. The second-order valence-electron chi connectivity index (χ2n) is 7.40. The van der Waals surface area contributed by atoms with Gasteiger partial charge in [-0.05, 0) is 58.2 Å². The largest absolute Gasteiger partial charge is 0.376 e. The number of carbonyl (C=O) groups is 1. The molecule has 3 heterocycles. The number of hydrogen-bond acceptors (Lipinski definition) is 4. The summed E-state index contributed by atoms with van der Waals surface area (Å²) >= 11 is 0. The summed E-state index contributed by atoms with van der Waals surface area (Å²) in [4.78, 5) is 12.4. The number of nitrogens with one attached hydrogen (secondary N) is 1. The summed E-state index contributed by atoms with van der Waals surface area (Å²) in [7, 11) is 0. The van der Waals surface area contributed by atoms with Gasteiger partial charge in [0.1, 0.15) is 17.5 Å². The van der Waals surface area contributed by atoms with Gasteiger partial charge in [-0.25, -0.2) is 4.68 Å². The van der Waals surface area contributed by atoms with Crippen molar-refractivity contribution in [1.29, 1.82) is 5.26 Å². The lowest BCUT2D eigenvalue weighted by Gasteiger charge is -2.15. The molecule has 3 rings (SSSR count). The Balaban J connectivity index is 1.85. The predicted molar refractivity (Wildman–Crippen MR) is 107 cm³/mol. The van der Waals surface area contributed by atoms with Gasteiger partial charge in [-0.15, -0.1) is 0 Å². The van der Waals surface area contributed by atoms with E-state index in [0.717, 1.165) is 42.2 Å². The molecule has 1 aliphatic rings. The van der Waals surface area contributed by atoms with Crippen molar-refractivity contribution in [3.63, 3.8) is 0 Å². The van der Waals surface area contributed by atoms with Crippen LogP contribution < -0.4 is 5.32 Å². The first-order chi connectivity index (χ1) is 13.4. The molecule has 7 heteroatoms. The second kappa shape index (κ2) is 8.44. The highest BCUT2D eigenvalue weighted by atomic mass is 16.5. The summed E-state index contributed by atoms with van der Waals surface area (Å²) in [6.07, 6.45) is 5.44. The SMILES string of the molecule is Cc1cc(/C=C(\C#N)C(=O)NC[C@H]2CCCO2)c(C)n1-c1ccnn1C(C)C. The molecule has 1 fully saturated rings. The molecule has 1 amide bonds. The van der Waals surface area contributed by atoms with Gasteiger partial charge in [-0.2, -0.15) is 10.4 Å². The van der Waals surface area contributed by atoms with Crippen LogP contribution in [0.1, 0.15) is 49.7 Å². The Labute approximate surface area is 165 Å². The maximum atomic E-state index is 12.4. The lowest BCUT2D eigenvalue weighted by Crippen LogP contribution is -2.32. The van der Waals surface area contributed by atoms with E-state index in [9.17, 15) is 10.1 Å². The number of hydrogen-bond donors (Lipinski definition) is 1. The van der Waals surface area contributed by atoms with E-state index >= 15 is 0 Å². The molecule has 0 spiro atoms. The van der Waals surface area contributed by atoms with E-state index < -0.39 is 0 Å². The van der Waals surface area contributed by atoms with Gasteiger partial charge in [0.25, 0.3) is 5.91 Å². The van der Waals surface area contributed by atoms with Crippen LogP contribution >= 0.6 is 0 Å². The minimum atomic E-state index is -0.366. The number of ether oxygens (including phenoxy) is 1. The Kier molecular flexibility index (Phi) is 6.00. The highest BCUT2D eigenvalue weighted by Gasteiger charge is 2.19. The molecule has 0 unspecified atom stereocenters. The highest BCUT2D eigenvalue weighted by Crippen LogP contribution is 2.24. The molecule has 1 saturated heterocycles. The lowest BCUT2D eigenvalue weighted by molar-refractivity contribution is -0.117. The van der Waals surface area contributed by atoms with Crippen LogP contribution in [0.5, 0.6) is 0 Å². The third-order valence-corrected chi connectivity index (χ3v) is 5.02. The molecular weight excluding hydrogens is 354 g/mol. The molecule has 0 aliphatic carbocycles. The van der Waals surface area contributed by atoms with Crippen molar-refractivity contribution in [3.8, 4) is 11.9 Å². The molecule has 28 heavy (non-hydrogen) atoms. The average molecular weight is 381 g/mol. The Morgan fingerprint density at radius 1 is 1.50 bits per heavy atom. The van der Waals surface area contributed by atoms with Crippen LogP contribution in [0.3, 0.4) is 0 Å². The maximum absolute atomic E-state index is 12.4. The smallest absolute Gasteiger partial charge is 0.262 e. The van der Waals surface area contributed by atoms with Crippen molar-refractivity contribution in [3.05, 3.63) is 40.9 Å². The van der Waals surface area contributed by atoms with Crippen LogP contribution in [0, 0.1) is 25.2 Å². The number of nitrogens with zero attached hydrogens (tertiary/aromatic N) is 4. The van der Waals surface area contributed by atoms with Gasteiger partial charge in [0.05, 0.1) is 12.3 Å². The first-order valence-electron chi connectivity index (χ1n) is 9.66. The fourth-order valence-corrected chi connectivity index (χ4v) is 3.58. The van der Waals surface area contributed by atoms with Gasteiger partial charge in [-0.3, -0.25) is 4.79 Å². The van der Waals surface area contributed by atoms with E-state index in [1.54, 1.807) is 12.3 Å². The molecule has 0 aromatic carbocycles. The summed E-state index contributed by atoms with van der Waals surface area (Å²) in [5, 5.41) is 16.7. The molecule has 1 aliphatic heterocycles. The van der Waals surface area contributed by atoms with Crippen molar-refractivity contribution in [1.82, 2.24) is 19.7 Å². The first-order valence-corrected chi connectivity index (χ1v) is 9.66. The number of nitriles is 1. The van der Waals surface area contributed by atoms with E-state index in [2.05, 4.69) is 28.8 Å². The monoisotopic (exact) mass is 381 g/mol. The van der Waals surface area contributed by atoms with Gasteiger partial charge in [-0.1, -0.05) is 0 Å². The van der Waals surface area contributed by atoms with Crippen LogP contribution in [0.25, 0.3) is 11.9 Å². The number of aryl methyl sites for hydroxylation is 1. The molecule has 0 radical (unpaired) electrons. The zero-order valence-corrected chi connectivity index (χ0v) is 16.9. The summed E-state index contributed by atoms with van der Waals surface area (Å²) < 4.78 is 9.56. The van der Waals surface area contributed by atoms with Crippen LogP contribution in [-0.4, -0.2) is 39.5 Å². The van der Waals surface area contributed by atoms with Gasteiger partial charge in [0.15, 0.2) is 0 Å². The minimum Gasteiger partial charge on any atom is -0.376 e. The van der Waals surface area contributed by atoms with E-state index in [-0.39, 0.29) is 23.6 Å². The van der Waals surface area contributed by atoms with Crippen LogP contribution in [0.4, 0.5) is 0 Å². The Morgan fingerprint density at radius 2 is 2.29 bits per heavy atom. The Bertz CT molecular complexity index is 923. The van der Waals surface area contributed by atoms with Crippen molar-refractivity contribution in [2.24, 2.45) is 0 Å². The van der Waals surface area contributed by atoms with Crippen molar-refractivity contribution in [2.75, 3.05) is 13.2 Å². The predicted octanol–water partition coefficient (Wildman–Crippen LogP) is 3.07. The van der Waals surface area contributed by atoms with Crippen LogP contribution in [0.15, 0.2) is 23.9 Å². The standard InChI is InChI=1S/C21H27N5O2/c1-14(2)26-20(7-8-24-26)25-15(3)10-17(16(25)4)11-18(12-22)21(27)23-13-19-6-5-9-28-19/h7-8,10-11,14,19H,5-6,9,13H2,1-4H3,(H,23,27)/b18-11+/t19-/m1/s1. The Morgan fingerprint density at radius 3 is 2.93 bits per heavy atom. The average Bonchev–Trinajstić information content (AvgIpc) is 3.38. The first kappa shape index (κ1) is 19.9. The van der Waals surface area contributed by atoms with Gasteiger partial charge < -0.3 is 14.6 Å². The zero-order valence-electron chi connectivity index (χ0n) is 16.9. The summed E-state index contributed by atoms with van der Waals surface area (Å²) in [6.45, 7) is 9.32. The summed E-state index contributed by atoms with van der Waals surface area (Å²) in [6, 6.07) is 6.20. The van der Waals surface area contributed by atoms with Gasteiger partial charge in [0, 0.05) is 36.6 Å². The third-order valence-electron chi connectivity index (χ3n) is 5.02. The molecule has 2 aromatic heterocycles.